The second kappa shape index (κ2) is 7.69. The lowest BCUT2D eigenvalue weighted by molar-refractivity contribution is -0.142. The van der Waals surface area contributed by atoms with E-state index in [1.54, 1.807) is 0 Å². The first-order chi connectivity index (χ1) is 13.9. The van der Waals surface area contributed by atoms with Crippen LogP contribution in [0.3, 0.4) is 0 Å². The molecule has 0 aromatic rings. The van der Waals surface area contributed by atoms with E-state index in [-0.39, 0.29) is 24.1 Å². The number of allylic oxidation sites excluding steroid dienone is 7. The third-order valence-corrected chi connectivity index (χ3v) is 6.43. The van der Waals surface area contributed by atoms with Crippen molar-refractivity contribution < 1.29 is 24.5 Å². The van der Waals surface area contributed by atoms with Gasteiger partial charge in [0.25, 0.3) is 0 Å². The average Bonchev–Trinajstić information content (AvgIpc) is 2.61. The number of hydrogen-bond donors (Lipinski definition) is 2. The van der Waals surface area contributed by atoms with Crippen LogP contribution < -0.4 is 0 Å². The fraction of sp³-hybridized carbons (Fsp3) is 0.520. The fourth-order valence-electron chi connectivity index (χ4n) is 5.22. The first-order valence-corrected chi connectivity index (χ1v) is 10.5. The highest BCUT2D eigenvalue weighted by atomic mass is 16.5. The van der Waals surface area contributed by atoms with Gasteiger partial charge in [-0.05, 0) is 44.3 Å². The lowest BCUT2D eigenvalue weighted by Gasteiger charge is -2.52. The van der Waals surface area contributed by atoms with Crippen LogP contribution in [-0.4, -0.2) is 34.7 Å². The summed E-state index contributed by atoms with van der Waals surface area (Å²) < 4.78 is 5.52. The van der Waals surface area contributed by atoms with Crippen molar-refractivity contribution >= 4 is 11.8 Å². The summed E-state index contributed by atoms with van der Waals surface area (Å²) in [6.07, 6.45) is 7.42. The van der Waals surface area contributed by atoms with Crippen molar-refractivity contribution in [2.24, 2.45) is 16.7 Å². The first kappa shape index (κ1) is 22.3. The van der Waals surface area contributed by atoms with Gasteiger partial charge in [-0.3, -0.25) is 4.79 Å². The predicted octanol–water partition coefficient (Wildman–Crippen LogP) is 4.51. The van der Waals surface area contributed by atoms with Crippen molar-refractivity contribution in [3.63, 3.8) is 0 Å². The van der Waals surface area contributed by atoms with Gasteiger partial charge in [-0.15, -0.1) is 0 Å². The minimum Gasteiger partial charge on any atom is -0.504 e. The van der Waals surface area contributed by atoms with Crippen LogP contribution in [0.4, 0.5) is 0 Å². The summed E-state index contributed by atoms with van der Waals surface area (Å²) in [4.78, 5) is 24.9. The van der Waals surface area contributed by atoms with Crippen molar-refractivity contribution in [2.75, 3.05) is 6.61 Å². The molecule has 0 aliphatic heterocycles. The Hall–Kier alpha value is -2.40. The molecule has 0 radical (unpaired) electrons. The second-order valence-electron chi connectivity index (χ2n) is 9.79. The maximum atomic E-state index is 12.8. The zero-order valence-corrected chi connectivity index (χ0v) is 18.7. The molecule has 0 unspecified atom stereocenters. The molecule has 30 heavy (non-hydrogen) atoms. The molecule has 0 heterocycles. The largest absolute Gasteiger partial charge is 0.504 e. The SMILES string of the molecule is CC(C)=CC(=O)OC[C@@]1(C)C[C@H](O)C[C@@]2(C)C1=CC=C1C=C(C(C)C)C(=O)C(O)=C12. The summed E-state index contributed by atoms with van der Waals surface area (Å²) in [5.41, 5.74) is 2.43. The molecule has 0 spiro atoms. The van der Waals surface area contributed by atoms with Crippen molar-refractivity contribution in [3.05, 3.63) is 57.9 Å². The summed E-state index contributed by atoms with van der Waals surface area (Å²) >= 11 is 0. The Morgan fingerprint density at radius 1 is 1.27 bits per heavy atom. The zero-order valence-electron chi connectivity index (χ0n) is 18.7. The number of carbonyl (C=O) groups excluding carboxylic acids is 2. The van der Waals surface area contributed by atoms with E-state index in [1.165, 1.54) is 6.08 Å². The van der Waals surface area contributed by atoms with Crippen molar-refractivity contribution in [1.29, 1.82) is 0 Å². The lowest BCUT2D eigenvalue weighted by Crippen LogP contribution is -2.47. The van der Waals surface area contributed by atoms with E-state index >= 15 is 0 Å². The third kappa shape index (κ3) is 3.71. The molecule has 3 atom stereocenters. The van der Waals surface area contributed by atoms with Crippen LogP contribution in [0.15, 0.2) is 57.9 Å². The molecule has 0 bridgehead atoms. The summed E-state index contributed by atoms with van der Waals surface area (Å²) in [7, 11) is 0. The molecule has 3 aliphatic carbocycles. The van der Waals surface area contributed by atoms with Crippen molar-refractivity contribution in [2.45, 2.75) is 60.5 Å². The zero-order chi connectivity index (χ0) is 22.4. The third-order valence-electron chi connectivity index (χ3n) is 6.43. The number of aliphatic hydroxyl groups is 2. The molecule has 0 aromatic heterocycles. The van der Waals surface area contributed by atoms with Gasteiger partial charge in [0.1, 0.15) is 6.61 Å². The van der Waals surface area contributed by atoms with Gasteiger partial charge >= 0.3 is 5.97 Å². The molecule has 1 fully saturated rings. The minimum atomic E-state index is -0.724. The Balaban J connectivity index is 2.06. The number of fused-ring (bicyclic) bond motifs is 3. The fourth-order valence-corrected chi connectivity index (χ4v) is 5.22. The van der Waals surface area contributed by atoms with Crippen LogP contribution in [0, 0.1) is 16.7 Å². The predicted molar refractivity (Wildman–Crippen MR) is 116 cm³/mol. The molecular weight excluding hydrogens is 380 g/mol. The normalized spacial score (nSPS) is 30.7. The molecule has 5 heteroatoms. The highest BCUT2D eigenvalue weighted by molar-refractivity contribution is 6.10. The summed E-state index contributed by atoms with van der Waals surface area (Å²) in [6, 6.07) is 0. The molecule has 0 aromatic carbocycles. The molecule has 162 valence electrons. The molecule has 1 saturated carbocycles. The maximum Gasteiger partial charge on any atom is 0.330 e. The van der Waals surface area contributed by atoms with Crippen LogP contribution in [0.2, 0.25) is 0 Å². The van der Waals surface area contributed by atoms with Gasteiger partial charge in [-0.25, -0.2) is 4.79 Å². The smallest absolute Gasteiger partial charge is 0.330 e. The summed E-state index contributed by atoms with van der Waals surface area (Å²) in [5.74, 6) is -1.00. The Labute approximate surface area is 178 Å². The number of hydrogen-bond acceptors (Lipinski definition) is 5. The molecule has 3 rings (SSSR count). The number of ketones is 1. The number of aliphatic hydroxyl groups excluding tert-OH is 2. The van der Waals surface area contributed by atoms with Crippen molar-refractivity contribution in [3.8, 4) is 0 Å². The summed E-state index contributed by atoms with van der Waals surface area (Å²) in [6.45, 7) is 11.5. The molecular formula is C25H32O5. The Morgan fingerprint density at radius 3 is 2.53 bits per heavy atom. The van der Waals surface area contributed by atoms with Crippen LogP contribution in [0.5, 0.6) is 0 Å². The number of ether oxygens (including phenoxy) is 1. The number of Topliss-reactive ketones (excluding diaryl/α,β-unsaturated/α-hetero) is 1. The highest BCUT2D eigenvalue weighted by Gasteiger charge is 2.53. The van der Waals surface area contributed by atoms with E-state index < -0.39 is 22.9 Å². The highest BCUT2D eigenvalue weighted by Crippen LogP contribution is 2.59. The molecule has 0 saturated heterocycles. The molecule has 0 amide bonds. The molecule has 3 aliphatic rings. The van der Waals surface area contributed by atoms with E-state index in [1.807, 2.05) is 59.8 Å². The molecule has 2 N–H and O–H groups in total. The number of rotatable bonds is 4. The standard InChI is InChI=1S/C25H32O5/c1-14(2)9-20(27)30-13-24(5)11-17(26)12-25(6)19(24)8-7-16-10-18(15(3)4)22(28)23(29)21(16)25/h7-10,15,17,26,29H,11-13H2,1-6H3/t17-,24+,25-/m0/s1. The van der Waals surface area contributed by atoms with E-state index in [4.69, 9.17) is 4.74 Å². The van der Waals surface area contributed by atoms with Gasteiger partial charge in [0.05, 0.1) is 6.10 Å². The minimum absolute atomic E-state index is 0.00279. The van der Waals surface area contributed by atoms with Crippen LogP contribution in [0.1, 0.15) is 54.4 Å². The van der Waals surface area contributed by atoms with Gasteiger partial charge in [-0.1, -0.05) is 51.0 Å². The summed E-state index contributed by atoms with van der Waals surface area (Å²) in [5, 5.41) is 21.7. The molecule has 5 nitrogen and oxygen atoms in total. The Bertz CT molecular complexity index is 939. The first-order valence-electron chi connectivity index (χ1n) is 10.5. The Kier molecular flexibility index (Phi) is 5.72. The quantitative estimate of drug-likeness (QED) is 0.524. The second-order valence-corrected chi connectivity index (χ2v) is 9.79. The Morgan fingerprint density at radius 2 is 1.93 bits per heavy atom. The van der Waals surface area contributed by atoms with Gasteiger partial charge in [0.2, 0.25) is 5.78 Å². The van der Waals surface area contributed by atoms with Gasteiger partial charge in [0, 0.05) is 28.1 Å². The average molecular weight is 413 g/mol. The topological polar surface area (TPSA) is 83.8 Å². The van der Waals surface area contributed by atoms with E-state index in [2.05, 4.69) is 0 Å². The van der Waals surface area contributed by atoms with Crippen LogP contribution >= 0.6 is 0 Å². The maximum absolute atomic E-state index is 12.8. The van der Waals surface area contributed by atoms with E-state index in [0.29, 0.717) is 24.0 Å². The van der Waals surface area contributed by atoms with Crippen LogP contribution in [-0.2, 0) is 14.3 Å². The van der Waals surface area contributed by atoms with Gasteiger partial charge < -0.3 is 14.9 Å². The van der Waals surface area contributed by atoms with Crippen molar-refractivity contribution in [1.82, 2.24) is 0 Å². The van der Waals surface area contributed by atoms with Gasteiger partial charge in [0.15, 0.2) is 5.76 Å². The van der Waals surface area contributed by atoms with Crippen LogP contribution in [0.25, 0.3) is 0 Å². The van der Waals surface area contributed by atoms with E-state index in [0.717, 1.165) is 16.7 Å². The number of carbonyl (C=O) groups is 2. The monoisotopic (exact) mass is 412 g/mol. The number of esters is 1. The van der Waals surface area contributed by atoms with E-state index in [9.17, 15) is 19.8 Å². The van der Waals surface area contributed by atoms with Gasteiger partial charge in [-0.2, -0.15) is 0 Å². The lowest BCUT2D eigenvalue weighted by atomic mass is 9.53.